The zero-order chi connectivity index (χ0) is 21.4. The van der Waals surface area contributed by atoms with Crippen molar-refractivity contribution in [1.82, 2.24) is 14.3 Å². The fourth-order valence-corrected chi connectivity index (χ4v) is 3.64. The van der Waals surface area contributed by atoms with E-state index in [4.69, 9.17) is 5.11 Å². The Hall–Kier alpha value is -4.06. The van der Waals surface area contributed by atoms with E-state index in [1.54, 1.807) is 12.1 Å². The van der Waals surface area contributed by atoms with E-state index < -0.39 is 5.97 Å². The minimum atomic E-state index is -1.01. The van der Waals surface area contributed by atoms with Gasteiger partial charge in [0.05, 0.1) is 21.8 Å². The van der Waals surface area contributed by atoms with Crippen molar-refractivity contribution in [2.45, 2.75) is 13.8 Å². The number of hydrogen-bond acceptors (Lipinski definition) is 2. The van der Waals surface area contributed by atoms with E-state index in [-0.39, 0.29) is 11.1 Å². The van der Waals surface area contributed by atoms with Crippen LogP contribution in [0, 0.1) is 13.8 Å². The van der Waals surface area contributed by atoms with E-state index >= 15 is 0 Å². The van der Waals surface area contributed by atoms with Gasteiger partial charge in [-0.05, 0) is 68.0 Å². The number of hydrogen-bond donors (Lipinski definition) is 2. The number of carboxylic acid groups (broad SMARTS) is 1. The first-order valence-electron chi connectivity index (χ1n) is 9.46. The van der Waals surface area contributed by atoms with E-state index in [9.17, 15) is 9.59 Å². The summed E-state index contributed by atoms with van der Waals surface area (Å²) in [6.45, 7) is 8.03. The number of para-hydroxylation sites is 1. The van der Waals surface area contributed by atoms with Crippen LogP contribution in [0.2, 0.25) is 0 Å². The van der Waals surface area contributed by atoms with Crippen molar-refractivity contribution in [2.75, 3.05) is 0 Å². The van der Waals surface area contributed by atoms with Crippen LogP contribution in [0.5, 0.6) is 0 Å². The van der Waals surface area contributed by atoms with Gasteiger partial charge in [0, 0.05) is 17.1 Å². The Balaban J connectivity index is 1.82. The average molecular weight is 399 g/mol. The van der Waals surface area contributed by atoms with Crippen LogP contribution < -0.4 is 16.1 Å². The van der Waals surface area contributed by atoms with E-state index in [1.165, 1.54) is 16.8 Å². The zero-order valence-electron chi connectivity index (χ0n) is 16.7. The Morgan fingerprint density at radius 3 is 2.33 bits per heavy atom. The largest absolute Gasteiger partial charge is 0.478 e. The molecule has 2 aromatic heterocycles. The summed E-state index contributed by atoms with van der Waals surface area (Å²) in [4.78, 5) is 24.1. The molecule has 4 aromatic rings. The molecule has 0 amide bonds. The van der Waals surface area contributed by atoms with Gasteiger partial charge in [-0.15, -0.1) is 0 Å². The maximum absolute atomic E-state index is 13.0. The molecule has 0 aliphatic rings. The topological polar surface area (TPSA) is 80.0 Å². The van der Waals surface area contributed by atoms with Gasteiger partial charge in [-0.2, -0.15) is 0 Å². The van der Waals surface area contributed by atoms with Gasteiger partial charge in [-0.25, -0.2) is 9.48 Å². The Morgan fingerprint density at radius 2 is 1.70 bits per heavy atom. The van der Waals surface area contributed by atoms with Crippen molar-refractivity contribution < 1.29 is 9.90 Å². The van der Waals surface area contributed by atoms with Crippen molar-refractivity contribution in [2.24, 2.45) is 0 Å². The number of nitrogens with zero attached hydrogens (tertiary/aromatic N) is 2. The number of benzene rings is 2. The van der Waals surface area contributed by atoms with Crippen LogP contribution >= 0.6 is 0 Å². The highest BCUT2D eigenvalue weighted by Gasteiger charge is 2.11. The summed E-state index contributed by atoms with van der Waals surface area (Å²) < 4.78 is 3.51. The SMILES string of the molecule is C=c1[nH]n(-c2ccc(C(=O)O)cc2)c(=O)c1=Cc1cc(C)n(-c2ccccc2)c1C. The maximum atomic E-state index is 13.0. The Kier molecular flexibility index (Phi) is 4.75. The Morgan fingerprint density at radius 1 is 1.03 bits per heavy atom. The molecule has 0 saturated carbocycles. The molecule has 0 radical (unpaired) electrons. The number of aromatic nitrogens is 3. The van der Waals surface area contributed by atoms with Gasteiger partial charge in [0.2, 0.25) is 0 Å². The number of rotatable bonds is 4. The normalized spacial score (nSPS) is 11.7. The third kappa shape index (κ3) is 3.28. The smallest absolute Gasteiger partial charge is 0.335 e. The van der Waals surface area contributed by atoms with Crippen molar-refractivity contribution >= 4 is 18.6 Å². The molecule has 4 rings (SSSR count). The van der Waals surface area contributed by atoms with Gasteiger partial charge < -0.3 is 9.67 Å². The molecule has 150 valence electrons. The molecule has 0 aliphatic heterocycles. The molecular formula is C24H21N3O3. The molecule has 0 unspecified atom stereocenters. The summed E-state index contributed by atoms with van der Waals surface area (Å²) in [5, 5.41) is 13.0. The van der Waals surface area contributed by atoms with Crippen LogP contribution in [0.3, 0.4) is 0 Å². The number of carboxylic acids is 1. The number of aromatic amines is 1. The lowest BCUT2D eigenvalue weighted by atomic mass is 10.2. The molecule has 2 aromatic carbocycles. The highest BCUT2D eigenvalue weighted by Crippen LogP contribution is 2.20. The Labute approximate surface area is 172 Å². The van der Waals surface area contributed by atoms with E-state index in [0.717, 1.165) is 22.6 Å². The molecule has 0 bridgehead atoms. The van der Waals surface area contributed by atoms with Gasteiger partial charge in [0.15, 0.2) is 0 Å². The average Bonchev–Trinajstić information content (AvgIpc) is 3.18. The highest BCUT2D eigenvalue weighted by molar-refractivity contribution is 5.87. The number of H-pyrrole nitrogens is 1. The Bertz CT molecular complexity index is 1410. The second-order valence-electron chi connectivity index (χ2n) is 7.14. The molecular weight excluding hydrogens is 378 g/mol. The van der Waals surface area contributed by atoms with E-state index in [1.807, 2.05) is 56.3 Å². The minimum absolute atomic E-state index is 0.160. The molecule has 0 atom stereocenters. The van der Waals surface area contributed by atoms with Crippen LogP contribution in [0.1, 0.15) is 27.3 Å². The molecule has 0 saturated heterocycles. The van der Waals surface area contributed by atoms with Crippen LogP contribution in [0.4, 0.5) is 0 Å². The van der Waals surface area contributed by atoms with Gasteiger partial charge in [-0.3, -0.25) is 9.89 Å². The van der Waals surface area contributed by atoms with Crippen molar-refractivity contribution in [3.8, 4) is 11.4 Å². The second kappa shape index (κ2) is 7.40. The van der Waals surface area contributed by atoms with Crippen LogP contribution in [-0.4, -0.2) is 25.4 Å². The monoisotopic (exact) mass is 399 g/mol. The number of aromatic carboxylic acids is 1. The predicted octanol–water partition coefficient (Wildman–Crippen LogP) is 2.51. The lowest BCUT2D eigenvalue weighted by Gasteiger charge is -2.09. The second-order valence-corrected chi connectivity index (χ2v) is 7.14. The quantitative estimate of drug-likeness (QED) is 0.553. The van der Waals surface area contributed by atoms with Crippen LogP contribution in [-0.2, 0) is 0 Å². The first-order valence-corrected chi connectivity index (χ1v) is 9.46. The minimum Gasteiger partial charge on any atom is -0.478 e. The van der Waals surface area contributed by atoms with Crippen LogP contribution in [0.15, 0.2) is 65.5 Å². The molecule has 6 nitrogen and oxygen atoms in total. The molecule has 0 fully saturated rings. The standard InChI is InChI=1S/C24H21N3O3/c1-15-13-19(17(3)26(15)20-7-5-4-6-8-20)14-22-16(2)25-27(23(22)28)21-11-9-18(10-12-21)24(29)30/h4-14,25H,2H2,1,3H3,(H,29,30). The third-order valence-corrected chi connectivity index (χ3v) is 5.16. The summed E-state index contributed by atoms with van der Waals surface area (Å²) in [5.41, 5.74) is 4.55. The number of aryl methyl sites for hydroxylation is 1. The highest BCUT2D eigenvalue weighted by atomic mass is 16.4. The summed E-state index contributed by atoms with van der Waals surface area (Å²) in [7, 11) is 0. The fourth-order valence-electron chi connectivity index (χ4n) is 3.64. The molecule has 0 aliphatic carbocycles. The molecule has 30 heavy (non-hydrogen) atoms. The van der Waals surface area contributed by atoms with Crippen molar-refractivity contribution in [3.63, 3.8) is 0 Å². The maximum Gasteiger partial charge on any atom is 0.335 e. The van der Waals surface area contributed by atoms with Crippen LogP contribution in [0.25, 0.3) is 24.0 Å². The lowest BCUT2D eigenvalue weighted by molar-refractivity contribution is 0.0697. The third-order valence-electron chi connectivity index (χ3n) is 5.16. The summed E-state index contributed by atoms with van der Waals surface area (Å²) in [6.07, 6.45) is 1.84. The number of carbonyl (C=O) groups is 1. The molecule has 6 heteroatoms. The zero-order valence-corrected chi connectivity index (χ0v) is 16.7. The summed E-state index contributed by atoms with van der Waals surface area (Å²) in [6, 6.07) is 18.2. The molecule has 0 spiro atoms. The summed E-state index contributed by atoms with van der Waals surface area (Å²) >= 11 is 0. The van der Waals surface area contributed by atoms with Gasteiger partial charge in [0.1, 0.15) is 0 Å². The lowest BCUT2D eigenvalue weighted by Crippen LogP contribution is -2.34. The molecule has 2 N–H and O–H groups in total. The van der Waals surface area contributed by atoms with Gasteiger partial charge >= 0.3 is 5.97 Å². The first kappa shape index (κ1) is 19.3. The molecule has 2 heterocycles. The van der Waals surface area contributed by atoms with E-state index in [0.29, 0.717) is 16.3 Å². The van der Waals surface area contributed by atoms with Crippen molar-refractivity contribution in [3.05, 3.63) is 104 Å². The number of nitrogens with one attached hydrogen (secondary N) is 1. The fraction of sp³-hybridized carbons (Fsp3) is 0.0833. The van der Waals surface area contributed by atoms with E-state index in [2.05, 4.69) is 16.2 Å². The van der Waals surface area contributed by atoms with Crippen molar-refractivity contribution in [1.29, 1.82) is 0 Å². The predicted molar refractivity (Wildman–Crippen MR) is 117 cm³/mol. The van der Waals surface area contributed by atoms with Gasteiger partial charge in [0.25, 0.3) is 5.56 Å². The van der Waals surface area contributed by atoms with Gasteiger partial charge in [-0.1, -0.05) is 24.8 Å². The first-order chi connectivity index (χ1) is 14.4. The summed E-state index contributed by atoms with van der Waals surface area (Å²) in [5.74, 6) is -1.01.